The normalized spacial score (nSPS) is 24.1. The number of nitrogens with zero attached hydrogens (tertiary/aromatic N) is 1. The van der Waals surface area contributed by atoms with E-state index in [1.807, 2.05) is 30.0 Å². The van der Waals surface area contributed by atoms with Gasteiger partial charge in [0.2, 0.25) is 0 Å². The topological polar surface area (TPSA) is 32.3 Å². The molecule has 1 saturated heterocycles. The van der Waals surface area contributed by atoms with Gasteiger partial charge >= 0.3 is 0 Å². The van der Waals surface area contributed by atoms with E-state index in [0.29, 0.717) is 10.6 Å². The molecular weight excluding hydrogens is 248 g/mol. The summed E-state index contributed by atoms with van der Waals surface area (Å²) in [5.41, 5.74) is 1.67. The molecule has 1 aliphatic rings. The van der Waals surface area contributed by atoms with Crippen LogP contribution in [0.1, 0.15) is 29.8 Å². The zero-order chi connectivity index (χ0) is 13.3. The number of nitrogens with one attached hydrogen (secondary N) is 1. The number of amides is 1. The quantitative estimate of drug-likeness (QED) is 0.847. The predicted octanol–water partition coefficient (Wildman–Crippen LogP) is 2.47. The Morgan fingerprint density at radius 2 is 1.94 bits per heavy atom. The fraction of sp³-hybridized carbons (Fsp3) is 0.500. The first-order valence-corrected chi connectivity index (χ1v) is 6.68. The molecule has 2 atom stereocenters. The van der Waals surface area contributed by atoms with Crippen molar-refractivity contribution in [2.24, 2.45) is 0 Å². The van der Waals surface area contributed by atoms with Gasteiger partial charge in [-0.3, -0.25) is 4.79 Å². The molecule has 1 amide bonds. The number of hydrogen-bond donors (Lipinski definition) is 1. The van der Waals surface area contributed by atoms with Gasteiger partial charge < -0.3 is 10.2 Å². The number of hydrogen-bond acceptors (Lipinski definition) is 2. The third-order valence-corrected chi connectivity index (χ3v) is 3.73. The van der Waals surface area contributed by atoms with Gasteiger partial charge in [-0.1, -0.05) is 17.7 Å². The highest BCUT2D eigenvalue weighted by Crippen LogP contribution is 2.22. The smallest absolute Gasteiger partial charge is 0.255 e. The summed E-state index contributed by atoms with van der Waals surface area (Å²) >= 11 is 6.18. The molecule has 1 aliphatic heterocycles. The van der Waals surface area contributed by atoms with Crippen molar-refractivity contribution in [3.05, 3.63) is 34.3 Å². The van der Waals surface area contributed by atoms with Crippen LogP contribution in [-0.4, -0.2) is 36.0 Å². The lowest BCUT2D eigenvalue weighted by Crippen LogP contribution is -2.57. The van der Waals surface area contributed by atoms with Crippen molar-refractivity contribution in [3.8, 4) is 0 Å². The number of halogens is 1. The molecule has 1 N–H and O–H groups in total. The second-order valence-electron chi connectivity index (χ2n) is 5.05. The first kappa shape index (κ1) is 13.4. The number of carbonyl (C=O) groups is 1. The van der Waals surface area contributed by atoms with Crippen LogP contribution < -0.4 is 5.32 Å². The van der Waals surface area contributed by atoms with Gasteiger partial charge in [0, 0.05) is 25.2 Å². The maximum atomic E-state index is 12.6. The molecule has 0 saturated carbocycles. The van der Waals surface area contributed by atoms with Crippen LogP contribution in [0, 0.1) is 6.92 Å². The van der Waals surface area contributed by atoms with Crippen LogP contribution in [0.5, 0.6) is 0 Å². The monoisotopic (exact) mass is 266 g/mol. The summed E-state index contributed by atoms with van der Waals surface area (Å²) in [6.45, 7) is 7.75. The van der Waals surface area contributed by atoms with E-state index >= 15 is 0 Å². The van der Waals surface area contributed by atoms with Gasteiger partial charge in [-0.05, 0) is 38.5 Å². The lowest BCUT2D eigenvalue weighted by Gasteiger charge is -2.39. The molecule has 0 aliphatic carbocycles. The Balaban J connectivity index is 2.29. The van der Waals surface area contributed by atoms with E-state index in [1.54, 1.807) is 0 Å². The molecule has 0 aromatic heterocycles. The number of aryl methyl sites for hydroxylation is 1. The maximum Gasteiger partial charge on any atom is 0.255 e. The van der Waals surface area contributed by atoms with Crippen molar-refractivity contribution in [1.29, 1.82) is 0 Å². The SMILES string of the molecule is Cc1ccc(C(=O)N2C(C)CNCC2C)c(Cl)c1. The van der Waals surface area contributed by atoms with E-state index < -0.39 is 0 Å². The third kappa shape index (κ3) is 2.52. The van der Waals surface area contributed by atoms with Crippen LogP contribution in [0.25, 0.3) is 0 Å². The summed E-state index contributed by atoms with van der Waals surface area (Å²) in [4.78, 5) is 14.5. The fourth-order valence-corrected chi connectivity index (χ4v) is 2.78. The van der Waals surface area contributed by atoms with Crippen molar-refractivity contribution in [2.45, 2.75) is 32.9 Å². The van der Waals surface area contributed by atoms with Crippen molar-refractivity contribution >= 4 is 17.5 Å². The Morgan fingerprint density at radius 3 is 2.50 bits per heavy atom. The number of carbonyl (C=O) groups excluding carboxylic acids is 1. The van der Waals surface area contributed by atoms with Gasteiger partial charge in [-0.15, -0.1) is 0 Å². The molecule has 4 heteroatoms. The zero-order valence-electron chi connectivity index (χ0n) is 11.0. The molecular formula is C14H19ClN2O. The van der Waals surface area contributed by atoms with E-state index in [1.165, 1.54) is 0 Å². The minimum absolute atomic E-state index is 0.0292. The van der Waals surface area contributed by atoms with Crippen LogP contribution in [0.2, 0.25) is 5.02 Å². The second kappa shape index (κ2) is 5.29. The van der Waals surface area contributed by atoms with E-state index in [9.17, 15) is 4.79 Å². The van der Waals surface area contributed by atoms with Crippen LogP contribution in [0.3, 0.4) is 0 Å². The van der Waals surface area contributed by atoms with Gasteiger partial charge in [-0.25, -0.2) is 0 Å². The van der Waals surface area contributed by atoms with Crippen LogP contribution in [-0.2, 0) is 0 Å². The standard InChI is InChI=1S/C14H19ClN2O/c1-9-4-5-12(13(15)6-9)14(18)17-10(2)7-16-8-11(17)3/h4-6,10-11,16H,7-8H2,1-3H3. The first-order chi connectivity index (χ1) is 8.50. The minimum Gasteiger partial charge on any atom is -0.331 e. The van der Waals surface area contributed by atoms with Gasteiger partial charge in [0.1, 0.15) is 0 Å². The third-order valence-electron chi connectivity index (χ3n) is 3.42. The highest BCUT2D eigenvalue weighted by molar-refractivity contribution is 6.33. The van der Waals surface area contributed by atoms with Gasteiger partial charge in [0.15, 0.2) is 0 Å². The summed E-state index contributed by atoms with van der Waals surface area (Å²) in [6.07, 6.45) is 0. The largest absolute Gasteiger partial charge is 0.331 e. The van der Waals surface area contributed by atoms with Crippen molar-refractivity contribution in [1.82, 2.24) is 10.2 Å². The maximum absolute atomic E-state index is 12.6. The second-order valence-corrected chi connectivity index (χ2v) is 5.46. The van der Waals surface area contributed by atoms with Crippen molar-refractivity contribution < 1.29 is 4.79 Å². The Morgan fingerprint density at radius 1 is 1.33 bits per heavy atom. The van der Waals surface area contributed by atoms with Gasteiger partial charge in [0.25, 0.3) is 5.91 Å². The lowest BCUT2D eigenvalue weighted by atomic mass is 10.1. The van der Waals surface area contributed by atoms with Gasteiger partial charge in [-0.2, -0.15) is 0 Å². The molecule has 1 heterocycles. The van der Waals surface area contributed by atoms with Crippen LogP contribution >= 0.6 is 11.6 Å². The molecule has 1 aromatic carbocycles. The number of piperazine rings is 1. The first-order valence-electron chi connectivity index (χ1n) is 6.30. The van der Waals surface area contributed by atoms with Crippen LogP contribution in [0.4, 0.5) is 0 Å². The van der Waals surface area contributed by atoms with Crippen molar-refractivity contribution in [2.75, 3.05) is 13.1 Å². The zero-order valence-corrected chi connectivity index (χ0v) is 11.8. The molecule has 18 heavy (non-hydrogen) atoms. The molecule has 0 radical (unpaired) electrons. The van der Waals surface area contributed by atoms with E-state index in [-0.39, 0.29) is 18.0 Å². The average molecular weight is 267 g/mol. The molecule has 1 fully saturated rings. The molecule has 2 rings (SSSR count). The molecule has 98 valence electrons. The number of benzene rings is 1. The highest BCUT2D eigenvalue weighted by atomic mass is 35.5. The summed E-state index contributed by atoms with van der Waals surface area (Å²) < 4.78 is 0. The van der Waals surface area contributed by atoms with Gasteiger partial charge in [0.05, 0.1) is 10.6 Å². The van der Waals surface area contributed by atoms with E-state index in [2.05, 4.69) is 19.2 Å². The Hall–Kier alpha value is -1.06. The molecule has 0 spiro atoms. The number of rotatable bonds is 1. The average Bonchev–Trinajstić information content (AvgIpc) is 2.28. The molecule has 0 bridgehead atoms. The molecule has 1 aromatic rings. The highest BCUT2D eigenvalue weighted by Gasteiger charge is 2.30. The molecule has 3 nitrogen and oxygen atoms in total. The predicted molar refractivity (Wildman–Crippen MR) is 74.2 cm³/mol. The molecule has 2 unspecified atom stereocenters. The summed E-state index contributed by atoms with van der Waals surface area (Å²) in [5.74, 6) is 0.0292. The summed E-state index contributed by atoms with van der Waals surface area (Å²) in [6, 6.07) is 5.97. The summed E-state index contributed by atoms with van der Waals surface area (Å²) in [7, 11) is 0. The Labute approximate surface area is 113 Å². The van der Waals surface area contributed by atoms with E-state index in [0.717, 1.165) is 18.7 Å². The fourth-order valence-electron chi connectivity index (χ4n) is 2.47. The van der Waals surface area contributed by atoms with Crippen LogP contribution in [0.15, 0.2) is 18.2 Å². The van der Waals surface area contributed by atoms with E-state index in [4.69, 9.17) is 11.6 Å². The summed E-state index contributed by atoms with van der Waals surface area (Å²) in [5, 5.41) is 3.86. The Bertz CT molecular complexity index is 451. The minimum atomic E-state index is 0.0292. The Kier molecular flexibility index (Phi) is 3.93. The lowest BCUT2D eigenvalue weighted by molar-refractivity contribution is 0.0544. The van der Waals surface area contributed by atoms with Crippen molar-refractivity contribution in [3.63, 3.8) is 0 Å².